The topological polar surface area (TPSA) is 61.8 Å². The minimum absolute atomic E-state index is 0.0960. The predicted octanol–water partition coefficient (Wildman–Crippen LogP) is 1.45. The SMILES string of the molecule is COC(=O)COc1ccc(C(C)=O)c(OC)c1. The van der Waals surface area contributed by atoms with E-state index in [9.17, 15) is 9.59 Å². The molecule has 1 rings (SSSR count). The van der Waals surface area contributed by atoms with Crippen molar-refractivity contribution in [2.24, 2.45) is 0 Å². The Hall–Kier alpha value is -2.04. The van der Waals surface area contributed by atoms with E-state index in [-0.39, 0.29) is 12.4 Å². The van der Waals surface area contributed by atoms with Gasteiger partial charge in [-0.15, -0.1) is 0 Å². The van der Waals surface area contributed by atoms with E-state index in [0.717, 1.165) is 0 Å². The summed E-state index contributed by atoms with van der Waals surface area (Å²) in [7, 11) is 2.75. The number of carbonyl (C=O) groups excluding carboxylic acids is 2. The van der Waals surface area contributed by atoms with Gasteiger partial charge in [0.15, 0.2) is 12.4 Å². The second kappa shape index (κ2) is 5.89. The maximum atomic E-state index is 11.3. The average Bonchev–Trinajstić information content (AvgIpc) is 2.35. The summed E-state index contributed by atoms with van der Waals surface area (Å²) in [4.78, 5) is 22.1. The van der Waals surface area contributed by atoms with E-state index in [1.165, 1.54) is 21.1 Å². The first-order valence-corrected chi connectivity index (χ1v) is 4.97. The Balaban J connectivity index is 2.82. The fourth-order valence-corrected chi connectivity index (χ4v) is 1.25. The number of methoxy groups -OCH3 is 2. The van der Waals surface area contributed by atoms with Crippen LogP contribution in [0.4, 0.5) is 0 Å². The number of ether oxygens (including phenoxy) is 3. The van der Waals surface area contributed by atoms with Crippen LogP contribution in [-0.4, -0.2) is 32.6 Å². The maximum Gasteiger partial charge on any atom is 0.343 e. The fourth-order valence-electron chi connectivity index (χ4n) is 1.25. The molecule has 17 heavy (non-hydrogen) atoms. The quantitative estimate of drug-likeness (QED) is 0.574. The highest BCUT2D eigenvalue weighted by atomic mass is 16.6. The first kappa shape index (κ1) is 13.0. The molecule has 0 amide bonds. The van der Waals surface area contributed by atoms with Gasteiger partial charge < -0.3 is 14.2 Å². The van der Waals surface area contributed by atoms with Crippen molar-refractivity contribution in [3.8, 4) is 11.5 Å². The van der Waals surface area contributed by atoms with Crippen LogP contribution in [0.1, 0.15) is 17.3 Å². The maximum absolute atomic E-state index is 11.3. The Morgan fingerprint density at radius 2 is 1.94 bits per heavy atom. The van der Waals surface area contributed by atoms with Gasteiger partial charge in [0, 0.05) is 6.07 Å². The monoisotopic (exact) mass is 238 g/mol. The molecule has 0 radical (unpaired) electrons. The molecule has 0 fully saturated rings. The molecule has 0 aromatic heterocycles. The van der Waals surface area contributed by atoms with Crippen LogP contribution in [0.5, 0.6) is 11.5 Å². The number of rotatable bonds is 5. The Morgan fingerprint density at radius 3 is 2.47 bits per heavy atom. The lowest BCUT2D eigenvalue weighted by Gasteiger charge is -2.09. The third-order valence-electron chi connectivity index (χ3n) is 2.14. The van der Waals surface area contributed by atoms with Crippen LogP contribution in [0.15, 0.2) is 18.2 Å². The molecule has 5 nitrogen and oxygen atoms in total. The number of carbonyl (C=O) groups is 2. The molecule has 0 aliphatic rings. The lowest BCUT2D eigenvalue weighted by atomic mass is 10.1. The predicted molar refractivity (Wildman–Crippen MR) is 60.5 cm³/mol. The number of Topliss-reactive ketones (excluding diaryl/α,β-unsaturated/α-hetero) is 1. The Bertz CT molecular complexity index is 425. The number of esters is 1. The van der Waals surface area contributed by atoms with E-state index in [2.05, 4.69) is 4.74 Å². The van der Waals surface area contributed by atoms with Gasteiger partial charge in [-0.3, -0.25) is 4.79 Å². The van der Waals surface area contributed by atoms with Crippen molar-refractivity contribution in [2.75, 3.05) is 20.8 Å². The standard InChI is InChI=1S/C12H14O5/c1-8(13)10-5-4-9(6-11(10)15-2)17-7-12(14)16-3/h4-6H,7H2,1-3H3. The van der Waals surface area contributed by atoms with Crippen LogP contribution < -0.4 is 9.47 Å². The lowest BCUT2D eigenvalue weighted by Crippen LogP contribution is -2.12. The number of hydrogen-bond acceptors (Lipinski definition) is 5. The normalized spacial score (nSPS) is 9.59. The van der Waals surface area contributed by atoms with Crippen LogP contribution >= 0.6 is 0 Å². The second-order valence-corrected chi connectivity index (χ2v) is 3.28. The van der Waals surface area contributed by atoms with Crippen molar-refractivity contribution in [1.29, 1.82) is 0 Å². The Kier molecular flexibility index (Phi) is 4.51. The lowest BCUT2D eigenvalue weighted by molar-refractivity contribution is -0.142. The molecule has 5 heteroatoms. The molecule has 1 aromatic carbocycles. The minimum atomic E-state index is -0.473. The van der Waals surface area contributed by atoms with Gasteiger partial charge in [0.2, 0.25) is 0 Å². The highest BCUT2D eigenvalue weighted by Gasteiger charge is 2.10. The smallest absolute Gasteiger partial charge is 0.343 e. The highest BCUT2D eigenvalue weighted by Crippen LogP contribution is 2.25. The average molecular weight is 238 g/mol. The summed E-state index contributed by atoms with van der Waals surface area (Å²) in [5.41, 5.74) is 0.470. The number of hydrogen-bond donors (Lipinski definition) is 0. The van der Waals surface area contributed by atoms with Crippen molar-refractivity contribution >= 4 is 11.8 Å². The summed E-state index contributed by atoms with van der Waals surface area (Å²) < 4.78 is 14.7. The van der Waals surface area contributed by atoms with E-state index in [4.69, 9.17) is 9.47 Å². The molecule has 0 unspecified atom stereocenters. The molecule has 1 aromatic rings. The molecule has 0 N–H and O–H groups in total. The van der Waals surface area contributed by atoms with Crippen molar-refractivity contribution in [3.05, 3.63) is 23.8 Å². The molecule has 0 aliphatic heterocycles. The first-order valence-electron chi connectivity index (χ1n) is 4.97. The zero-order valence-corrected chi connectivity index (χ0v) is 9.98. The van der Waals surface area contributed by atoms with Gasteiger partial charge >= 0.3 is 5.97 Å². The minimum Gasteiger partial charge on any atom is -0.496 e. The van der Waals surface area contributed by atoms with Gasteiger partial charge in [-0.1, -0.05) is 0 Å². The van der Waals surface area contributed by atoms with Crippen LogP contribution in [0.3, 0.4) is 0 Å². The summed E-state index contributed by atoms with van der Waals surface area (Å²) in [6.07, 6.45) is 0. The highest BCUT2D eigenvalue weighted by molar-refractivity contribution is 5.97. The molecule has 0 aliphatic carbocycles. The molecule has 0 atom stereocenters. The van der Waals surface area contributed by atoms with Gasteiger partial charge in [-0.25, -0.2) is 4.79 Å². The van der Waals surface area contributed by atoms with Crippen LogP contribution in [0.25, 0.3) is 0 Å². The molecular formula is C12H14O5. The number of ketones is 1. The van der Waals surface area contributed by atoms with Crippen LogP contribution in [0, 0.1) is 0 Å². The first-order chi connectivity index (χ1) is 8.08. The number of benzene rings is 1. The van der Waals surface area contributed by atoms with E-state index in [0.29, 0.717) is 17.1 Å². The summed E-state index contributed by atoms with van der Waals surface area (Å²) in [5.74, 6) is 0.290. The third-order valence-corrected chi connectivity index (χ3v) is 2.14. The Morgan fingerprint density at radius 1 is 1.24 bits per heavy atom. The van der Waals surface area contributed by atoms with Crippen molar-refractivity contribution < 1.29 is 23.8 Å². The van der Waals surface area contributed by atoms with Crippen molar-refractivity contribution in [2.45, 2.75) is 6.92 Å². The zero-order valence-electron chi connectivity index (χ0n) is 9.98. The third kappa shape index (κ3) is 3.48. The van der Waals surface area contributed by atoms with E-state index < -0.39 is 5.97 Å². The largest absolute Gasteiger partial charge is 0.496 e. The van der Waals surface area contributed by atoms with Crippen molar-refractivity contribution in [1.82, 2.24) is 0 Å². The van der Waals surface area contributed by atoms with Crippen LogP contribution in [-0.2, 0) is 9.53 Å². The van der Waals surface area contributed by atoms with Gasteiger partial charge in [0.05, 0.1) is 19.8 Å². The van der Waals surface area contributed by atoms with Gasteiger partial charge in [0.25, 0.3) is 0 Å². The van der Waals surface area contributed by atoms with E-state index in [1.807, 2.05) is 0 Å². The second-order valence-electron chi connectivity index (χ2n) is 3.28. The molecule has 0 bridgehead atoms. The summed E-state index contributed by atoms with van der Waals surface area (Å²) in [6.45, 7) is 1.27. The molecule has 92 valence electrons. The fraction of sp³-hybridized carbons (Fsp3) is 0.333. The molecule has 0 saturated heterocycles. The molecular weight excluding hydrogens is 224 g/mol. The molecule has 0 saturated carbocycles. The van der Waals surface area contributed by atoms with Gasteiger partial charge in [-0.05, 0) is 19.1 Å². The molecule has 0 heterocycles. The van der Waals surface area contributed by atoms with Crippen molar-refractivity contribution in [3.63, 3.8) is 0 Å². The summed E-state index contributed by atoms with van der Waals surface area (Å²) in [6, 6.07) is 4.75. The van der Waals surface area contributed by atoms with Gasteiger partial charge in [-0.2, -0.15) is 0 Å². The van der Waals surface area contributed by atoms with Gasteiger partial charge in [0.1, 0.15) is 11.5 Å². The molecule has 0 spiro atoms. The zero-order chi connectivity index (χ0) is 12.8. The Labute approximate surface area is 99.3 Å². The summed E-state index contributed by atoms with van der Waals surface area (Å²) >= 11 is 0. The van der Waals surface area contributed by atoms with Crippen LogP contribution in [0.2, 0.25) is 0 Å². The van der Waals surface area contributed by atoms with E-state index in [1.54, 1.807) is 18.2 Å². The van der Waals surface area contributed by atoms with E-state index >= 15 is 0 Å². The summed E-state index contributed by atoms with van der Waals surface area (Å²) in [5, 5.41) is 0.